The van der Waals surface area contributed by atoms with E-state index in [9.17, 15) is 8.78 Å². The topological polar surface area (TPSA) is 47.0 Å². The first-order valence-electron chi connectivity index (χ1n) is 9.06. The number of pyridine rings is 1. The maximum atomic E-state index is 14.0. The number of para-hydroxylation sites is 1. The van der Waals surface area contributed by atoms with Crippen LogP contribution in [0.5, 0.6) is 11.6 Å². The first-order valence-corrected chi connectivity index (χ1v) is 9.88. The number of hydrogen-bond donors (Lipinski definition) is 1. The Morgan fingerprint density at radius 2 is 1.83 bits per heavy atom. The molecule has 0 saturated carbocycles. The molecule has 0 fully saturated rings. The molecule has 4 rings (SSSR count). The second-order valence-corrected chi connectivity index (χ2v) is 8.61. The van der Waals surface area contributed by atoms with Gasteiger partial charge in [0.2, 0.25) is 5.88 Å². The first kappa shape index (κ1) is 19.3. The highest BCUT2D eigenvalue weighted by molar-refractivity contribution is 7.22. The second kappa shape index (κ2) is 7.40. The van der Waals surface area contributed by atoms with Gasteiger partial charge in [0.25, 0.3) is 0 Å². The van der Waals surface area contributed by atoms with Gasteiger partial charge >= 0.3 is 0 Å². The number of benzene rings is 2. The zero-order chi connectivity index (χ0) is 20.6. The van der Waals surface area contributed by atoms with Crippen LogP contribution < -0.4 is 10.1 Å². The standard InChI is InChI=1S/C22H19F2N3OS/c1-22(2,3)14-7-4-5-9-17(14)28-20-16(8-6-10-25-20)26-21-27-19-15(24)11-13(23)12-18(19)29-21/h4-12H,1-3H3,(H,26,27). The molecule has 0 amide bonds. The molecule has 148 valence electrons. The number of fused-ring (bicyclic) bond motifs is 1. The van der Waals surface area contributed by atoms with Gasteiger partial charge < -0.3 is 10.1 Å². The lowest BCUT2D eigenvalue weighted by molar-refractivity contribution is 0.442. The fourth-order valence-corrected chi connectivity index (χ4v) is 3.89. The van der Waals surface area contributed by atoms with Crippen molar-refractivity contribution in [3.8, 4) is 11.6 Å². The van der Waals surface area contributed by atoms with Gasteiger partial charge in [-0.05, 0) is 29.7 Å². The maximum absolute atomic E-state index is 14.0. The Kier molecular flexibility index (Phi) is 4.92. The highest BCUT2D eigenvalue weighted by Gasteiger charge is 2.20. The lowest BCUT2D eigenvalue weighted by Crippen LogP contribution is -2.12. The largest absolute Gasteiger partial charge is 0.437 e. The van der Waals surface area contributed by atoms with Gasteiger partial charge in [0.15, 0.2) is 10.9 Å². The van der Waals surface area contributed by atoms with Crippen molar-refractivity contribution in [1.82, 2.24) is 9.97 Å². The molecule has 0 saturated heterocycles. The van der Waals surface area contributed by atoms with Crippen molar-refractivity contribution in [2.24, 2.45) is 0 Å². The molecule has 4 nitrogen and oxygen atoms in total. The predicted octanol–water partition coefficient (Wildman–Crippen LogP) is 6.80. The summed E-state index contributed by atoms with van der Waals surface area (Å²) in [6, 6.07) is 13.5. The molecule has 2 aromatic heterocycles. The number of hydrogen-bond acceptors (Lipinski definition) is 5. The van der Waals surface area contributed by atoms with Crippen molar-refractivity contribution in [2.45, 2.75) is 26.2 Å². The lowest BCUT2D eigenvalue weighted by atomic mass is 9.86. The Balaban J connectivity index is 1.68. The van der Waals surface area contributed by atoms with Crippen LogP contribution in [0.15, 0.2) is 54.7 Å². The summed E-state index contributed by atoms with van der Waals surface area (Å²) in [5, 5.41) is 3.54. The number of anilines is 2. The SMILES string of the molecule is CC(C)(C)c1ccccc1Oc1ncccc1Nc1nc2c(F)cc(F)cc2s1. The third kappa shape index (κ3) is 4.05. The van der Waals surface area contributed by atoms with E-state index in [1.54, 1.807) is 18.3 Å². The molecule has 29 heavy (non-hydrogen) atoms. The fraction of sp³-hybridized carbons (Fsp3) is 0.182. The van der Waals surface area contributed by atoms with E-state index in [1.807, 2.05) is 24.3 Å². The number of halogens is 2. The Labute approximate surface area is 171 Å². The summed E-state index contributed by atoms with van der Waals surface area (Å²) < 4.78 is 34.0. The van der Waals surface area contributed by atoms with Crippen LogP contribution in [0.25, 0.3) is 10.2 Å². The molecule has 0 unspecified atom stereocenters. The van der Waals surface area contributed by atoms with E-state index >= 15 is 0 Å². The smallest absolute Gasteiger partial charge is 0.243 e. The molecule has 0 aliphatic rings. The monoisotopic (exact) mass is 411 g/mol. The van der Waals surface area contributed by atoms with Crippen LogP contribution in [-0.2, 0) is 5.41 Å². The number of ether oxygens (including phenoxy) is 1. The molecule has 1 N–H and O–H groups in total. The Bertz CT molecular complexity index is 1180. The number of nitrogens with zero attached hydrogens (tertiary/aromatic N) is 2. The molecule has 2 aromatic carbocycles. The van der Waals surface area contributed by atoms with Crippen molar-refractivity contribution in [3.05, 3.63) is 71.9 Å². The Morgan fingerprint density at radius 3 is 2.62 bits per heavy atom. The summed E-state index contributed by atoms with van der Waals surface area (Å²) in [6.07, 6.45) is 1.63. The molecule has 0 atom stereocenters. The van der Waals surface area contributed by atoms with Gasteiger partial charge in [-0.15, -0.1) is 0 Å². The van der Waals surface area contributed by atoms with Gasteiger partial charge in [0, 0.05) is 17.8 Å². The Morgan fingerprint density at radius 1 is 1.03 bits per heavy atom. The molecule has 0 aliphatic heterocycles. The molecule has 2 heterocycles. The van der Waals surface area contributed by atoms with Crippen LogP contribution in [0.3, 0.4) is 0 Å². The second-order valence-electron chi connectivity index (χ2n) is 7.58. The van der Waals surface area contributed by atoms with E-state index < -0.39 is 11.6 Å². The minimum absolute atomic E-state index is 0.104. The van der Waals surface area contributed by atoms with Crippen LogP contribution in [0.4, 0.5) is 19.6 Å². The normalized spacial score (nSPS) is 11.6. The van der Waals surface area contributed by atoms with Gasteiger partial charge in [-0.1, -0.05) is 50.3 Å². The molecular weight excluding hydrogens is 392 g/mol. The van der Waals surface area contributed by atoms with Gasteiger partial charge in [-0.2, -0.15) is 0 Å². The number of rotatable bonds is 4. The van der Waals surface area contributed by atoms with Crippen molar-refractivity contribution in [3.63, 3.8) is 0 Å². The molecule has 0 bridgehead atoms. The maximum Gasteiger partial charge on any atom is 0.243 e. The van der Waals surface area contributed by atoms with Crippen molar-refractivity contribution in [2.75, 3.05) is 5.32 Å². The van der Waals surface area contributed by atoms with E-state index in [2.05, 4.69) is 36.1 Å². The molecule has 7 heteroatoms. The van der Waals surface area contributed by atoms with Crippen LogP contribution in [0.2, 0.25) is 0 Å². The Hall–Kier alpha value is -3.06. The highest BCUT2D eigenvalue weighted by Crippen LogP contribution is 2.37. The van der Waals surface area contributed by atoms with E-state index in [0.29, 0.717) is 27.1 Å². The summed E-state index contributed by atoms with van der Waals surface area (Å²) >= 11 is 1.16. The van der Waals surface area contributed by atoms with E-state index in [4.69, 9.17) is 4.74 Å². The van der Waals surface area contributed by atoms with Crippen molar-refractivity contribution < 1.29 is 13.5 Å². The minimum atomic E-state index is -0.689. The number of aromatic nitrogens is 2. The van der Waals surface area contributed by atoms with E-state index in [0.717, 1.165) is 23.0 Å². The third-order valence-electron chi connectivity index (χ3n) is 4.33. The van der Waals surface area contributed by atoms with Crippen molar-refractivity contribution >= 4 is 32.4 Å². The van der Waals surface area contributed by atoms with E-state index in [-0.39, 0.29) is 10.9 Å². The molecule has 4 aromatic rings. The minimum Gasteiger partial charge on any atom is -0.437 e. The summed E-state index contributed by atoms with van der Waals surface area (Å²) in [7, 11) is 0. The summed E-state index contributed by atoms with van der Waals surface area (Å²) in [5.74, 6) is -0.241. The van der Waals surface area contributed by atoms with Gasteiger partial charge in [-0.3, -0.25) is 0 Å². The van der Waals surface area contributed by atoms with Crippen LogP contribution in [0, 0.1) is 11.6 Å². The number of thiazole rings is 1. The average molecular weight is 411 g/mol. The van der Waals surface area contributed by atoms with E-state index in [1.165, 1.54) is 6.07 Å². The average Bonchev–Trinajstić information content (AvgIpc) is 3.05. The summed E-state index contributed by atoms with van der Waals surface area (Å²) in [5.41, 5.74) is 1.65. The lowest BCUT2D eigenvalue weighted by Gasteiger charge is -2.22. The highest BCUT2D eigenvalue weighted by atomic mass is 32.1. The fourth-order valence-electron chi connectivity index (χ4n) is 2.97. The summed E-state index contributed by atoms with van der Waals surface area (Å²) in [6.45, 7) is 6.34. The summed E-state index contributed by atoms with van der Waals surface area (Å²) in [4.78, 5) is 8.57. The third-order valence-corrected chi connectivity index (χ3v) is 5.25. The molecule has 0 spiro atoms. The van der Waals surface area contributed by atoms with Gasteiger partial charge in [-0.25, -0.2) is 18.7 Å². The molecule has 0 aliphatic carbocycles. The first-order chi connectivity index (χ1) is 13.8. The van der Waals surface area contributed by atoms with Gasteiger partial charge in [0.1, 0.15) is 22.8 Å². The zero-order valence-corrected chi connectivity index (χ0v) is 17.0. The number of nitrogens with one attached hydrogen (secondary N) is 1. The quantitative estimate of drug-likeness (QED) is 0.401. The van der Waals surface area contributed by atoms with Gasteiger partial charge in [0.05, 0.1) is 4.70 Å². The van der Waals surface area contributed by atoms with Crippen LogP contribution >= 0.6 is 11.3 Å². The van der Waals surface area contributed by atoms with Crippen LogP contribution in [0.1, 0.15) is 26.3 Å². The molecular formula is C22H19F2N3OS. The zero-order valence-electron chi connectivity index (χ0n) is 16.2. The van der Waals surface area contributed by atoms with Crippen molar-refractivity contribution in [1.29, 1.82) is 0 Å². The predicted molar refractivity (Wildman–Crippen MR) is 112 cm³/mol. The molecule has 0 radical (unpaired) electrons. The van der Waals surface area contributed by atoms with Crippen LogP contribution in [-0.4, -0.2) is 9.97 Å².